The Bertz CT molecular complexity index is 1070. The summed E-state index contributed by atoms with van der Waals surface area (Å²) in [5.74, 6) is 1.61. The number of piperidine rings is 1. The Kier molecular flexibility index (Phi) is 5.10. The zero-order valence-corrected chi connectivity index (χ0v) is 17.8. The highest BCUT2D eigenvalue weighted by atomic mass is 16.5. The molecule has 2 unspecified atom stereocenters. The van der Waals surface area contributed by atoms with Crippen LogP contribution in [0.25, 0.3) is 11.3 Å². The van der Waals surface area contributed by atoms with Crippen molar-refractivity contribution in [3.8, 4) is 22.8 Å². The van der Waals surface area contributed by atoms with Gasteiger partial charge in [0.1, 0.15) is 23.3 Å². The number of benzene rings is 1. The van der Waals surface area contributed by atoms with Gasteiger partial charge in [0, 0.05) is 43.7 Å². The molecule has 7 nitrogen and oxygen atoms in total. The molecule has 0 saturated carbocycles. The van der Waals surface area contributed by atoms with Gasteiger partial charge in [-0.05, 0) is 43.2 Å². The Morgan fingerprint density at radius 2 is 1.84 bits per heavy atom. The quantitative estimate of drug-likeness (QED) is 0.632. The maximum Gasteiger partial charge on any atom is 0.272 e. The molecule has 1 amide bonds. The Morgan fingerprint density at radius 1 is 1.06 bits per heavy atom. The third-order valence-electron chi connectivity index (χ3n) is 6.33. The van der Waals surface area contributed by atoms with Crippen LogP contribution in [0, 0.1) is 0 Å². The van der Waals surface area contributed by atoms with Crippen molar-refractivity contribution in [2.45, 2.75) is 43.9 Å². The molecule has 2 fully saturated rings. The van der Waals surface area contributed by atoms with Crippen LogP contribution >= 0.6 is 0 Å². The zero-order valence-electron chi connectivity index (χ0n) is 17.8. The molecule has 0 aliphatic carbocycles. The number of nitrogens with zero attached hydrogens (tertiary/aromatic N) is 4. The molecule has 2 atom stereocenters. The lowest BCUT2D eigenvalue weighted by atomic mass is 9.99. The van der Waals surface area contributed by atoms with Gasteiger partial charge in [0.05, 0.1) is 19.0 Å². The van der Waals surface area contributed by atoms with Crippen LogP contribution in [0.1, 0.15) is 36.2 Å². The van der Waals surface area contributed by atoms with E-state index in [1.165, 1.54) is 0 Å². The first kappa shape index (κ1) is 19.6. The lowest BCUT2D eigenvalue weighted by molar-refractivity contribution is 0.0349. The third-order valence-corrected chi connectivity index (χ3v) is 6.33. The standard InChI is InChI=1S/C24H26N4O3/c1-27-23(14-22(26-27)16-5-3-6-19(11-16)30-2)24(29)28-17-8-9-18(28)13-21(12-17)31-20-7-4-10-25-15-20/h3-7,10-11,14-15,17-18,21H,8-9,12-13H2,1-2H3. The lowest BCUT2D eigenvalue weighted by Crippen LogP contribution is -2.49. The molecule has 1 aromatic carbocycles. The van der Waals surface area contributed by atoms with E-state index in [1.54, 1.807) is 24.2 Å². The van der Waals surface area contributed by atoms with E-state index in [2.05, 4.69) is 15.0 Å². The molecule has 4 heterocycles. The first-order valence-corrected chi connectivity index (χ1v) is 10.7. The number of rotatable bonds is 5. The molecular weight excluding hydrogens is 392 g/mol. The summed E-state index contributed by atoms with van der Waals surface area (Å²) in [5, 5.41) is 4.60. The molecule has 160 valence electrons. The fourth-order valence-corrected chi connectivity index (χ4v) is 4.89. The van der Waals surface area contributed by atoms with Gasteiger partial charge in [-0.15, -0.1) is 0 Å². The molecule has 0 N–H and O–H groups in total. The highest BCUT2D eigenvalue weighted by molar-refractivity contribution is 5.94. The van der Waals surface area contributed by atoms with Gasteiger partial charge in [0.2, 0.25) is 0 Å². The average Bonchev–Trinajstić information content (AvgIpc) is 3.31. The van der Waals surface area contributed by atoms with E-state index >= 15 is 0 Å². The average molecular weight is 418 g/mol. The zero-order chi connectivity index (χ0) is 21.4. The molecule has 2 bridgehead atoms. The predicted octanol–water partition coefficient (Wildman–Crippen LogP) is 3.71. The second-order valence-electron chi connectivity index (χ2n) is 8.27. The highest BCUT2D eigenvalue weighted by Crippen LogP contribution is 2.38. The summed E-state index contributed by atoms with van der Waals surface area (Å²) in [5.41, 5.74) is 2.31. The van der Waals surface area contributed by atoms with E-state index in [0.29, 0.717) is 5.69 Å². The van der Waals surface area contributed by atoms with Crippen molar-refractivity contribution in [1.82, 2.24) is 19.7 Å². The van der Waals surface area contributed by atoms with Crippen LogP contribution in [0.5, 0.6) is 11.5 Å². The van der Waals surface area contributed by atoms with Crippen molar-refractivity contribution in [3.05, 3.63) is 60.6 Å². The van der Waals surface area contributed by atoms with Gasteiger partial charge in [-0.1, -0.05) is 12.1 Å². The molecule has 5 rings (SSSR count). The molecular formula is C24H26N4O3. The number of carbonyl (C=O) groups is 1. The number of ether oxygens (including phenoxy) is 2. The number of fused-ring (bicyclic) bond motifs is 2. The van der Waals surface area contributed by atoms with E-state index in [4.69, 9.17) is 9.47 Å². The van der Waals surface area contributed by atoms with E-state index in [9.17, 15) is 4.79 Å². The third kappa shape index (κ3) is 3.76. The number of carbonyl (C=O) groups excluding carboxylic acids is 1. The second-order valence-corrected chi connectivity index (χ2v) is 8.27. The fraction of sp³-hybridized carbons (Fsp3) is 0.375. The molecule has 2 aliphatic rings. The molecule has 2 aromatic heterocycles. The molecule has 2 saturated heterocycles. The Labute approximate surface area is 181 Å². The summed E-state index contributed by atoms with van der Waals surface area (Å²) in [6.45, 7) is 0. The predicted molar refractivity (Wildman–Crippen MR) is 116 cm³/mol. The van der Waals surface area contributed by atoms with Crippen molar-refractivity contribution in [2.24, 2.45) is 7.05 Å². The van der Waals surface area contributed by atoms with Crippen LogP contribution in [0.4, 0.5) is 0 Å². The summed E-state index contributed by atoms with van der Waals surface area (Å²) in [7, 11) is 3.47. The number of aromatic nitrogens is 3. The monoisotopic (exact) mass is 418 g/mol. The van der Waals surface area contributed by atoms with E-state index in [0.717, 1.165) is 48.4 Å². The Morgan fingerprint density at radius 3 is 2.55 bits per heavy atom. The molecule has 7 heteroatoms. The summed E-state index contributed by atoms with van der Waals surface area (Å²) >= 11 is 0. The number of hydrogen-bond acceptors (Lipinski definition) is 5. The van der Waals surface area contributed by atoms with Gasteiger partial charge < -0.3 is 14.4 Å². The molecule has 31 heavy (non-hydrogen) atoms. The molecule has 2 aliphatic heterocycles. The highest BCUT2D eigenvalue weighted by Gasteiger charge is 2.45. The minimum atomic E-state index is 0.0523. The van der Waals surface area contributed by atoms with Crippen molar-refractivity contribution in [3.63, 3.8) is 0 Å². The topological polar surface area (TPSA) is 69.5 Å². The SMILES string of the molecule is COc1cccc(-c2cc(C(=O)N3C4CCC3CC(Oc3cccnc3)C4)n(C)n2)c1. The van der Waals surface area contributed by atoms with E-state index < -0.39 is 0 Å². The van der Waals surface area contributed by atoms with Gasteiger partial charge in [-0.3, -0.25) is 14.5 Å². The minimum Gasteiger partial charge on any atom is -0.497 e. The van der Waals surface area contributed by atoms with Gasteiger partial charge >= 0.3 is 0 Å². The van der Waals surface area contributed by atoms with Gasteiger partial charge in [-0.2, -0.15) is 5.10 Å². The lowest BCUT2D eigenvalue weighted by Gasteiger charge is -2.38. The van der Waals surface area contributed by atoms with Gasteiger partial charge in [-0.25, -0.2) is 0 Å². The van der Waals surface area contributed by atoms with Crippen LogP contribution in [0.2, 0.25) is 0 Å². The smallest absolute Gasteiger partial charge is 0.272 e. The van der Waals surface area contributed by atoms with Crippen LogP contribution < -0.4 is 9.47 Å². The van der Waals surface area contributed by atoms with Gasteiger partial charge in [0.25, 0.3) is 5.91 Å². The summed E-state index contributed by atoms with van der Waals surface area (Å²) in [6, 6.07) is 13.8. The normalized spacial score (nSPS) is 22.4. The maximum absolute atomic E-state index is 13.5. The Balaban J connectivity index is 1.34. The summed E-state index contributed by atoms with van der Waals surface area (Å²) in [6.07, 6.45) is 7.33. The van der Waals surface area contributed by atoms with Crippen molar-refractivity contribution < 1.29 is 14.3 Å². The number of amides is 1. The molecule has 0 radical (unpaired) electrons. The van der Waals surface area contributed by atoms with Crippen molar-refractivity contribution in [1.29, 1.82) is 0 Å². The summed E-state index contributed by atoms with van der Waals surface area (Å²) in [4.78, 5) is 19.7. The van der Waals surface area contributed by atoms with Crippen LogP contribution in [0.3, 0.4) is 0 Å². The summed E-state index contributed by atoms with van der Waals surface area (Å²) < 4.78 is 13.2. The Hall–Kier alpha value is -3.35. The van der Waals surface area contributed by atoms with E-state index in [-0.39, 0.29) is 24.1 Å². The molecule has 0 spiro atoms. The first-order chi connectivity index (χ1) is 15.1. The number of aryl methyl sites for hydroxylation is 1. The van der Waals surface area contributed by atoms with Crippen LogP contribution in [-0.2, 0) is 7.05 Å². The fourth-order valence-electron chi connectivity index (χ4n) is 4.89. The second kappa shape index (κ2) is 8.06. The van der Waals surface area contributed by atoms with Crippen LogP contribution in [-0.4, -0.2) is 50.9 Å². The maximum atomic E-state index is 13.5. The largest absolute Gasteiger partial charge is 0.497 e. The first-order valence-electron chi connectivity index (χ1n) is 10.7. The number of hydrogen-bond donors (Lipinski definition) is 0. The van der Waals surface area contributed by atoms with Crippen LogP contribution in [0.15, 0.2) is 54.9 Å². The van der Waals surface area contributed by atoms with Crippen molar-refractivity contribution in [2.75, 3.05) is 7.11 Å². The molecule has 3 aromatic rings. The number of methoxy groups -OCH3 is 1. The minimum absolute atomic E-state index is 0.0523. The number of pyridine rings is 1. The van der Waals surface area contributed by atoms with E-state index in [1.807, 2.05) is 49.5 Å². The van der Waals surface area contributed by atoms with Gasteiger partial charge in [0.15, 0.2) is 0 Å². The van der Waals surface area contributed by atoms with Crippen molar-refractivity contribution >= 4 is 5.91 Å².